The van der Waals surface area contributed by atoms with Gasteiger partial charge in [-0.05, 0) is 49.2 Å². The molecule has 0 aliphatic heterocycles. The van der Waals surface area contributed by atoms with Gasteiger partial charge in [0, 0.05) is 19.2 Å². The fourth-order valence-electron chi connectivity index (χ4n) is 2.31. The maximum absolute atomic E-state index is 14.2. The quantitative estimate of drug-likeness (QED) is 0.908. The number of anilines is 1. The van der Waals surface area contributed by atoms with Gasteiger partial charge in [-0.3, -0.25) is 0 Å². The summed E-state index contributed by atoms with van der Waals surface area (Å²) in [6.07, 6.45) is 0. The highest BCUT2D eigenvalue weighted by molar-refractivity contribution is 5.68. The maximum Gasteiger partial charge on any atom is 0.150 e. The van der Waals surface area contributed by atoms with Crippen molar-refractivity contribution in [3.8, 4) is 16.9 Å². The lowest BCUT2D eigenvalue weighted by molar-refractivity contribution is 0.469. The van der Waals surface area contributed by atoms with Crippen LogP contribution < -0.4 is 4.90 Å². The number of halogens is 3. The van der Waals surface area contributed by atoms with Crippen molar-refractivity contribution in [2.45, 2.75) is 13.8 Å². The van der Waals surface area contributed by atoms with Crippen LogP contribution >= 0.6 is 0 Å². The summed E-state index contributed by atoms with van der Waals surface area (Å²) < 4.78 is 41.6. The molecule has 2 rings (SSSR count). The number of rotatable bonds is 4. The first-order valence-electron chi connectivity index (χ1n) is 6.70. The van der Waals surface area contributed by atoms with Crippen molar-refractivity contribution in [1.82, 2.24) is 0 Å². The third-order valence-corrected chi connectivity index (χ3v) is 3.31. The molecule has 0 amide bonds. The second-order valence-corrected chi connectivity index (χ2v) is 4.66. The Bertz CT molecular complexity index is 611. The number of phenolic OH excluding ortho intramolecular Hbond substituents is 1. The molecule has 112 valence electrons. The number of phenols is 1. The maximum atomic E-state index is 14.2. The van der Waals surface area contributed by atoms with Crippen LogP contribution in [0.2, 0.25) is 0 Å². The summed E-state index contributed by atoms with van der Waals surface area (Å²) >= 11 is 0. The summed E-state index contributed by atoms with van der Waals surface area (Å²) in [4.78, 5) is 1.57. The SMILES string of the molecule is CCN(CC)c1c(F)cc(-c2cc(O)cc(F)c2)cc1F. The Kier molecular flexibility index (Phi) is 4.40. The van der Waals surface area contributed by atoms with Gasteiger partial charge in [0.05, 0.1) is 0 Å². The fourth-order valence-corrected chi connectivity index (χ4v) is 2.31. The van der Waals surface area contributed by atoms with E-state index in [9.17, 15) is 18.3 Å². The van der Waals surface area contributed by atoms with Gasteiger partial charge < -0.3 is 10.0 Å². The van der Waals surface area contributed by atoms with Gasteiger partial charge in [-0.2, -0.15) is 0 Å². The van der Waals surface area contributed by atoms with Crippen LogP contribution in [0.25, 0.3) is 11.1 Å². The van der Waals surface area contributed by atoms with Gasteiger partial charge in [0.1, 0.15) is 28.9 Å². The van der Waals surface area contributed by atoms with E-state index in [0.29, 0.717) is 13.1 Å². The molecule has 0 bridgehead atoms. The third kappa shape index (κ3) is 3.12. The molecule has 0 aliphatic carbocycles. The van der Waals surface area contributed by atoms with Crippen molar-refractivity contribution >= 4 is 5.69 Å². The zero-order chi connectivity index (χ0) is 15.6. The van der Waals surface area contributed by atoms with E-state index in [-0.39, 0.29) is 22.6 Å². The van der Waals surface area contributed by atoms with E-state index in [0.717, 1.165) is 24.3 Å². The summed E-state index contributed by atoms with van der Waals surface area (Å²) in [6.45, 7) is 4.57. The second kappa shape index (κ2) is 6.08. The second-order valence-electron chi connectivity index (χ2n) is 4.66. The number of benzene rings is 2. The highest BCUT2D eigenvalue weighted by Crippen LogP contribution is 2.31. The van der Waals surface area contributed by atoms with Crippen LogP contribution in [0.1, 0.15) is 13.8 Å². The number of nitrogens with zero attached hydrogens (tertiary/aromatic N) is 1. The monoisotopic (exact) mass is 295 g/mol. The van der Waals surface area contributed by atoms with Gasteiger partial charge in [0.15, 0.2) is 0 Å². The Morgan fingerprint density at radius 2 is 1.38 bits per heavy atom. The molecule has 0 saturated carbocycles. The van der Waals surface area contributed by atoms with Crippen molar-refractivity contribution in [3.05, 3.63) is 47.8 Å². The standard InChI is InChI=1S/C16H16F3NO/c1-3-20(4-2)16-14(18)7-11(8-15(16)19)10-5-12(17)9-13(21)6-10/h5-9,21H,3-4H2,1-2H3. The van der Waals surface area contributed by atoms with Crippen LogP contribution in [0.15, 0.2) is 30.3 Å². The lowest BCUT2D eigenvalue weighted by atomic mass is 10.0. The summed E-state index contributed by atoms with van der Waals surface area (Å²) in [5.74, 6) is -2.38. The number of aromatic hydroxyl groups is 1. The van der Waals surface area contributed by atoms with E-state index in [1.807, 2.05) is 0 Å². The average Bonchev–Trinajstić information content (AvgIpc) is 2.41. The summed E-state index contributed by atoms with van der Waals surface area (Å²) in [5, 5.41) is 9.38. The largest absolute Gasteiger partial charge is 0.508 e. The molecule has 2 aromatic rings. The van der Waals surface area contributed by atoms with Crippen LogP contribution in [-0.4, -0.2) is 18.2 Å². The van der Waals surface area contributed by atoms with Gasteiger partial charge in [0.2, 0.25) is 0 Å². The Labute approximate surface area is 121 Å². The fraction of sp³-hybridized carbons (Fsp3) is 0.250. The van der Waals surface area contributed by atoms with Gasteiger partial charge in [0.25, 0.3) is 0 Å². The molecule has 2 nitrogen and oxygen atoms in total. The van der Waals surface area contributed by atoms with Gasteiger partial charge in [-0.1, -0.05) is 0 Å². The van der Waals surface area contributed by atoms with Crippen molar-refractivity contribution < 1.29 is 18.3 Å². The molecule has 5 heteroatoms. The molecule has 21 heavy (non-hydrogen) atoms. The lowest BCUT2D eigenvalue weighted by Gasteiger charge is -2.22. The molecule has 0 heterocycles. The van der Waals surface area contributed by atoms with E-state index in [1.54, 1.807) is 18.7 Å². The summed E-state index contributed by atoms with van der Waals surface area (Å²) in [5.41, 5.74) is 0.302. The molecule has 1 N–H and O–H groups in total. The average molecular weight is 295 g/mol. The molecule has 0 atom stereocenters. The number of hydrogen-bond acceptors (Lipinski definition) is 2. The van der Waals surface area contributed by atoms with E-state index in [4.69, 9.17) is 0 Å². The minimum Gasteiger partial charge on any atom is -0.508 e. The molecule has 2 aromatic carbocycles. The van der Waals surface area contributed by atoms with Crippen LogP contribution in [0.4, 0.5) is 18.9 Å². The summed E-state index contributed by atoms with van der Waals surface area (Å²) in [7, 11) is 0. The molecule has 0 unspecified atom stereocenters. The minimum absolute atomic E-state index is 0.0932. The molecular formula is C16H16F3NO. The molecule has 0 radical (unpaired) electrons. The zero-order valence-electron chi connectivity index (χ0n) is 11.8. The smallest absolute Gasteiger partial charge is 0.150 e. The van der Waals surface area contributed by atoms with Crippen molar-refractivity contribution in [2.24, 2.45) is 0 Å². The highest BCUT2D eigenvalue weighted by Gasteiger charge is 2.17. The van der Waals surface area contributed by atoms with Crippen LogP contribution in [0, 0.1) is 17.5 Å². The molecular weight excluding hydrogens is 279 g/mol. The molecule has 0 aromatic heterocycles. The first-order valence-corrected chi connectivity index (χ1v) is 6.70. The predicted molar refractivity (Wildman–Crippen MR) is 77.0 cm³/mol. The molecule has 0 saturated heterocycles. The predicted octanol–water partition coefficient (Wildman–Crippen LogP) is 4.32. The first kappa shape index (κ1) is 15.2. The van der Waals surface area contributed by atoms with E-state index >= 15 is 0 Å². The van der Waals surface area contributed by atoms with E-state index < -0.39 is 17.5 Å². The molecule has 0 aliphatic rings. The Morgan fingerprint density at radius 1 is 0.857 bits per heavy atom. The topological polar surface area (TPSA) is 23.5 Å². The van der Waals surface area contributed by atoms with Crippen LogP contribution in [0.3, 0.4) is 0 Å². The van der Waals surface area contributed by atoms with Gasteiger partial charge in [-0.15, -0.1) is 0 Å². The molecule has 0 spiro atoms. The third-order valence-electron chi connectivity index (χ3n) is 3.31. The van der Waals surface area contributed by atoms with E-state index in [1.165, 1.54) is 6.07 Å². The van der Waals surface area contributed by atoms with Crippen molar-refractivity contribution in [1.29, 1.82) is 0 Å². The summed E-state index contributed by atoms with van der Waals surface area (Å²) in [6, 6.07) is 5.59. The molecule has 0 fully saturated rings. The Hall–Kier alpha value is -2.17. The van der Waals surface area contributed by atoms with Gasteiger partial charge >= 0.3 is 0 Å². The lowest BCUT2D eigenvalue weighted by Crippen LogP contribution is -2.24. The van der Waals surface area contributed by atoms with Crippen molar-refractivity contribution in [3.63, 3.8) is 0 Å². The minimum atomic E-state index is -0.711. The van der Waals surface area contributed by atoms with E-state index in [2.05, 4.69) is 0 Å². The van der Waals surface area contributed by atoms with Crippen molar-refractivity contribution in [2.75, 3.05) is 18.0 Å². The van der Waals surface area contributed by atoms with Crippen LogP contribution in [0.5, 0.6) is 5.75 Å². The Balaban J connectivity index is 2.53. The Morgan fingerprint density at radius 3 is 1.86 bits per heavy atom. The normalized spacial score (nSPS) is 10.7. The highest BCUT2D eigenvalue weighted by atomic mass is 19.1. The zero-order valence-corrected chi connectivity index (χ0v) is 11.8. The first-order chi connectivity index (χ1) is 9.96. The van der Waals surface area contributed by atoms with Crippen LogP contribution in [-0.2, 0) is 0 Å². The van der Waals surface area contributed by atoms with Gasteiger partial charge in [-0.25, -0.2) is 13.2 Å². The number of hydrogen-bond donors (Lipinski definition) is 1.